The van der Waals surface area contributed by atoms with Gasteiger partial charge in [-0.1, -0.05) is 17.9 Å². The zero-order valence-electron chi connectivity index (χ0n) is 22.7. The largest absolute Gasteiger partial charge is 0.497 e. The third-order valence-electron chi connectivity index (χ3n) is 8.16. The summed E-state index contributed by atoms with van der Waals surface area (Å²) in [5.74, 6) is 6.61. The van der Waals surface area contributed by atoms with E-state index in [4.69, 9.17) is 14.5 Å². The predicted molar refractivity (Wildman–Crippen MR) is 154 cm³/mol. The Bertz CT molecular complexity index is 1320. The third kappa shape index (κ3) is 6.79. The lowest BCUT2D eigenvalue weighted by atomic mass is 9.74. The molecule has 0 unspecified atom stereocenters. The predicted octanol–water partition coefficient (Wildman–Crippen LogP) is 4.68. The van der Waals surface area contributed by atoms with Gasteiger partial charge >= 0.3 is 5.97 Å². The first-order chi connectivity index (χ1) is 19.1. The number of aliphatic carboxylic acids is 1. The summed E-state index contributed by atoms with van der Waals surface area (Å²) < 4.78 is 11.1. The highest BCUT2D eigenvalue weighted by atomic mass is 32.1. The average Bonchev–Trinajstić information content (AvgIpc) is 3.48. The second-order valence-corrected chi connectivity index (χ2v) is 11.5. The molecule has 3 aromatic rings. The molecule has 2 fully saturated rings. The van der Waals surface area contributed by atoms with E-state index in [1.807, 2.05) is 35.8 Å². The van der Waals surface area contributed by atoms with Crippen LogP contribution < -0.4 is 4.74 Å². The van der Waals surface area contributed by atoms with Crippen LogP contribution in [0.5, 0.6) is 5.75 Å². The Morgan fingerprint density at radius 3 is 2.72 bits per heavy atom. The molecule has 0 radical (unpaired) electrons. The van der Waals surface area contributed by atoms with Crippen molar-refractivity contribution >= 4 is 28.2 Å². The number of carboxylic acid groups (broad SMARTS) is 1. The van der Waals surface area contributed by atoms with Crippen LogP contribution in [0.25, 0.3) is 10.9 Å². The number of morpholine rings is 1. The fourth-order valence-electron chi connectivity index (χ4n) is 5.73. The maximum Gasteiger partial charge on any atom is 0.309 e. The van der Waals surface area contributed by atoms with Crippen molar-refractivity contribution in [2.45, 2.75) is 38.6 Å². The second-order valence-electron chi connectivity index (χ2n) is 10.5. The van der Waals surface area contributed by atoms with E-state index < -0.39 is 11.4 Å². The number of piperidine rings is 1. The number of rotatable bonds is 9. The maximum absolute atomic E-state index is 12.5. The van der Waals surface area contributed by atoms with Gasteiger partial charge in [-0.05, 0) is 72.9 Å². The lowest BCUT2D eigenvalue weighted by Crippen LogP contribution is -2.44. The highest BCUT2D eigenvalue weighted by molar-refractivity contribution is 7.10. The minimum absolute atomic E-state index is 0.661. The van der Waals surface area contributed by atoms with E-state index in [1.54, 1.807) is 18.4 Å². The molecule has 2 aliphatic rings. The number of methoxy groups -OCH3 is 1. The molecule has 39 heavy (non-hydrogen) atoms. The van der Waals surface area contributed by atoms with E-state index in [0.717, 1.165) is 80.3 Å². The summed E-state index contributed by atoms with van der Waals surface area (Å²) in [5, 5.41) is 13.4. The van der Waals surface area contributed by atoms with Crippen molar-refractivity contribution in [3.8, 4) is 17.6 Å². The number of ether oxygens (including phenoxy) is 2. The second kappa shape index (κ2) is 12.9. The van der Waals surface area contributed by atoms with E-state index in [0.29, 0.717) is 25.8 Å². The zero-order chi connectivity index (χ0) is 27.1. The van der Waals surface area contributed by atoms with E-state index in [9.17, 15) is 9.90 Å². The summed E-state index contributed by atoms with van der Waals surface area (Å²) >= 11 is 1.64. The molecule has 2 aliphatic heterocycles. The van der Waals surface area contributed by atoms with Crippen molar-refractivity contribution < 1.29 is 19.4 Å². The fraction of sp³-hybridized carbons (Fsp3) is 0.484. The normalized spacial score (nSPS) is 18.0. The molecule has 8 heteroatoms. The number of hydrogen-bond acceptors (Lipinski definition) is 7. The summed E-state index contributed by atoms with van der Waals surface area (Å²) in [6.07, 6.45) is 5.63. The number of thiophene rings is 1. The van der Waals surface area contributed by atoms with Gasteiger partial charge in [0, 0.05) is 44.3 Å². The van der Waals surface area contributed by atoms with Crippen molar-refractivity contribution in [2.75, 3.05) is 53.0 Å². The summed E-state index contributed by atoms with van der Waals surface area (Å²) in [4.78, 5) is 23.0. The number of fused-ring (bicyclic) bond motifs is 1. The maximum atomic E-state index is 12.5. The Kier molecular flexibility index (Phi) is 9.15. The van der Waals surface area contributed by atoms with Gasteiger partial charge in [0.05, 0.1) is 42.7 Å². The smallest absolute Gasteiger partial charge is 0.309 e. The Hall–Kier alpha value is -2.96. The Morgan fingerprint density at radius 2 is 2.00 bits per heavy atom. The van der Waals surface area contributed by atoms with Crippen LogP contribution in [0.3, 0.4) is 0 Å². The number of pyridine rings is 1. The van der Waals surface area contributed by atoms with E-state index in [1.165, 1.54) is 11.1 Å². The molecule has 0 atom stereocenters. The van der Waals surface area contributed by atoms with Crippen molar-refractivity contribution in [3.63, 3.8) is 0 Å². The van der Waals surface area contributed by atoms with E-state index in [2.05, 4.69) is 27.7 Å². The summed E-state index contributed by atoms with van der Waals surface area (Å²) in [5.41, 5.74) is 2.73. The number of carbonyl (C=O) groups is 1. The van der Waals surface area contributed by atoms with Crippen molar-refractivity contribution in [1.29, 1.82) is 0 Å². The van der Waals surface area contributed by atoms with E-state index >= 15 is 0 Å². The lowest BCUT2D eigenvalue weighted by Gasteiger charge is -2.38. The standard InChI is InChI=1S/C31H37N3O4S/c1-37-25-8-9-29-28(21-25)27(24(22-32-29)23-34-16-18-38-19-17-34)7-2-10-31(30(35)36)11-14-33(15-12-31)13-3-5-26-6-4-20-39-26/h4,6,8-9,20-22H,2,7,10-19,23H2,1H3,(H,35,36). The van der Waals surface area contributed by atoms with Gasteiger partial charge in [0.15, 0.2) is 0 Å². The Balaban J connectivity index is 1.27. The molecule has 0 amide bonds. The summed E-state index contributed by atoms with van der Waals surface area (Å²) in [6, 6.07) is 10.1. The van der Waals surface area contributed by atoms with Crippen molar-refractivity contribution in [1.82, 2.24) is 14.8 Å². The van der Waals surface area contributed by atoms with Crippen LogP contribution in [0.2, 0.25) is 0 Å². The number of carboxylic acids is 1. The zero-order valence-corrected chi connectivity index (χ0v) is 23.5. The first-order valence-electron chi connectivity index (χ1n) is 13.8. The number of nitrogens with zero attached hydrogens (tertiary/aromatic N) is 3. The number of aromatic nitrogens is 1. The molecule has 2 aromatic heterocycles. The summed E-state index contributed by atoms with van der Waals surface area (Å²) in [7, 11) is 1.68. The molecule has 7 nitrogen and oxygen atoms in total. The molecule has 0 bridgehead atoms. The first kappa shape index (κ1) is 27.6. The molecular formula is C31H37N3O4S. The van der Waals surface area contributed by atoms with Gasteiger partial charge in [0.2, 0.25) is 0 Å². The molecular weight excluding hydrogens is 510 g/mol. The fourth-order valence-corrected chi connectivity index (χ4v) is 6.32. The van der Waals surface area contributed by atoms with Gasteiger partial charge in [-0.15, -0.1) is 11.3 Å². The van der Waals surface area contributed by atoms with Gasteiger partial charge < -0.3 is 14.6 Å². The first-order valence-corrected chi connectivity index (χ1v) is 14.7. The summed E-state index contributed by atoms with van der Waals surface area (Å²) in [6.45, 7) is 6.36. The van der Waals surface area contributed by atoms with Gasteiger partial charge in [-0.2, -0.15) is 0 Å². The molecule has 0 aliphatic carbocycles. The monoisotopic (exact) mass is 547 g/mol. The van der Waals surface area contributed by atoms with Crippen LogP contribution in [-0.2, 0) is 22.5 Å². The number of benzene rings is 1. The van der Waals surface area contributed by atoms with Crippen LogP contribution in [-0.4, -0.2) is 78.9 Å². The molecule has 2 saturated heterocycles. The SMILES string of the molecule is COc1ccc2ncc(CN3CCOCC3)c(CCCC3(C(=O)O)CCN(CC#Cc4cccs4)CC3)c2c1. The Morgan fingerprint density at radius 1 is 1.18 bits per heavy atom. The number of likely N-dealkylation sites (tertiary alicyclic amines) is 1. The van der Waals surface area contributed by atoms with Gasteiger partial charge in [0.1, 0.15) is 5.75 Å². The van der Waals surface area contributed by atoms with E-state index in [-0.39, 0.29) is 0 Å². The minimum Gasteiger partial charge on any atom is -0.497 e. The molecule has 0 spiro atoms. The topological polar surface area (TPSA) is 75.1 Å². The molecule has 5 rings (SSSR count). The minimum atomic E-state index is -0.678. The molecule has 1 N–H and O–H groups in total. The average molecular weight is 548 g/mol. The van der Waals surface area contributed by atoms with Crippen LogP contribution in [0.15, 0.2) is 41.9 Å². The molecule has 0 saturated carbocycles. The third-order valence-corrected chi connectivity index (χ3v) is 8.94. The number of hydrogen-bond donors (Lipinski definition) is 1. The van der Waals surface area contributed by atoms with Crippen LogP contribution in [0, 0.1) is 17.3 Å². The number of aryl methyl sites for hydroxylation is 1. The van der Waals surface area contributed by atoms with Gasteiger partial charge in [0.25, 0.3) is 0 Å². The van der Waals surface area contributed by atoms with Crippen LogP contribution in [0.1, 0.15) is 41.7 Å². The quantitative estimate of drug-likeness (QED) is 0.390. The Labute approximate surface area is 234 Å². The highest BCUT2D eigenvalue weighted by Gasteiger charge is 2.40. The molecule has 1 aromatic carbocycles. The van der Waals surface area contributed by atoms with Crippen LogP contribution >= 0.6 is 11.3 Å². The van der Waals surface area contributed by atoms with Crippen LogP contribution in [0.4, 0.5) is 0 Å². The highest BCUT2D eigenvalue weighted by Crippen LogP contribution is 2.38. The van der Waals surface area contributed by atoms with Crippen molar-refractivity contribution in [2.24, 2.45) is 5.41 Å². The molecule has 206 valence electrons. The van der Waals surface area contributed by atoms with Crippen molar-refractivity contribution in [3.05, 3.63) is 57.9 Å². The van der Waals surface area contributed by atoms with Gasteiger partial charge in [-0.25, -0.2) is 0 Å². The van der Waals surface area contributed by atoms with Gasteiger partial charge in [-0.3, -0.25) is 19.6 Å². The molecule has 4 heterocycles. The lowest BCUT2D eigenvalue weighted by molar-refractivity contribution is -0.152.